The first-order chi connectivity index (χ1) is 9.25. The Bertz CT molecular complexity index is 430. The molecule has 1 aromatic heterocycles. The molecule has 0 unspecified atom stereocenters. The molecule has 0 aliphatic carbocycles. The summed E-state index contributed by atoms with van der Waals surface area (Å²) in [4.78, 5) is 28.7. The molecule has 0 spiro atoms. The maximum absolute atomic E-state index is 11.6. The van der Waals surface area contributed by atoms with Crippen LogP contribution in [0.3, 0.4) is 0 Å². The van der Waals surface area contributed by atoms with Gasteiger partial charge in [0, 0.05) is 19.3 Å². The van der Waals surface area contributed by atoms with Gasteiger partial charge in [-0.1, -0.05) is 6.07 Å². The second-order valence-electron chi connectivity index (χ2n) is 4.38. The van der Waals surface area contributed by atoms with Crippen molar-refractivity contribution in [3.63, 3.8) is 0 Å². The zero-order valence-corrected chi connectivity index (χ0v) is 10.7. The van der Waals surface area contributed by atoms with Crippen molar-refractivity contribution in [1.82, 2.24) is 15.2 Å². The number of pyridine rings is 1. The van der Waals surface area contributed by atoms with Crippen molar-refractivity contribution in [2.75, 3.05) is 13.1 Å². The third-order valence-corrected chi connectivity index (χ3v) is 2.93. The van der Waals surface area contributed by atoms with E-state index in [1.54, 1.807) is 23.2 Å². The van der Waals surface area contributed by atoms with E-state index in [0.717, 1.165) is 19.3 Å². The van der Waals surface area contributed by atoms with E-state index in [0.29, 0.717) is 18.8 Å². The molecule has 1 N–H and O–H groups in total. The van der Waals surface area contributed by atoms with Crippen LogP contribution in [0.1, 0.15) is 25.0 Å². The van der Waals surface area contributed by atoms with Crippen LogP contribution in [-0.4, -0.2) is 35.2 Å². The highest BCUT2D eigenvalue weighted by atomic mass is 16.6. The summed E-state index contributed by atoms with van der Waals surface area (Å²) in [6.45, 7) is 1.56. The van der Waals surface area contributed by atoms with Gasteiger partial charge in [-0.15, -0.1) is 0 Å². The van der Waals surface area contributed by atoms with Crippen LogP contribution in [0, 0.1) is 0 Å². The van der Waals surface area contributed by atoms with Crippen LogP contribution in [0.2, 0.25) is 0 Å². The Morgan fingerprint density at radius 2 is 2.05 bits per heavy atom. The lowest BCUT2D eigenvalue weighted by atomic mass is 10.1. The van der Waals surface area contributed by atoms with E-state index in [4.69, 9.17) is 4.74 Å². The van der Waals surface area contributed by atoms with E-state index in [9.17, 15) is 9.59 Å². The molecular formula is C13H17N3O3. The number of nitrogens with zero attached hydrogens (tertiary/aromatic N) is 2. The molecule has 0 atom stereocenters. The van der Waals surface area contributed by atoms with E-state index in [-0.39, 0.29) is 6.54 Å². The quantitative estimate of drug-likeness (QED) is 0.827. The largest absolute Gasteiger partial charge is 0.418 e. The summed E-state index contributed by atoms with van der Waals surface area (Å²) in [5.74, 6) is 0. The van der Waals surface area contributed by atoms with Crippen molar-refractivity contribution < 1.29 is 14.3 Å². The highest BCUT2D eigenvalue weighted by Crippen LogP contribution is 2.09. The van der Waals surface area contributed by atoms with Gasteiger partial charge in [-0.2, -0.15) is 0 Å². The van der Waals surface area contributed by atoms with Gasteiger partial charge in [-0.3, -0.25) is 4.98 Å². The number of rotatable bonds is 2. The van der Waals surface area contributed by atoms with Gasteiger partial charge < -0.3 is 15.0 Å². The van der Waals surface area contributed by atoms with Crippen LogP contribution in [0.15, 0.2) is 24.4 Å². The Kier molecular flexibility index (Phi) is 4.72. The molecular weight excluding hydrogens is 246 g/mol. The van der Waals surface area contributed by atoms with Gasteiger partial charge in [0.15, 0.2) is 0 Å². The first-order valence-corrected chi connectivity index (χ1v) is 6.40. The van der Waals surface area contributed by atoms with Crippen molar-refractivity contribution in [3.05, 3.63) is 30.1 Å². The Morgan fingerprint density at radius 3 is 2.74 bits per heavy atom. The summed E-state index contributed by atoms with van der Waals surface area (Å²) in [5, 5.41) is 2.50. The zero-order chi connectivity index (χ0) is 13.5. The van der Waals surface area contributed by atoms with Crippen molar-refractivity contribution in [2.45, 2.75) is 25.8 Å². The third-order valence-electron chi connectivity index (χ3n) is 2.93. The fourth-order valence-electron chi connectivity index (χ4n) is 1.92. The molecule has 1 saturated heterocycles. The summed E-state index contributed by atoms with van der Waals surface area (Å²) in [6, 6.07) is 5.41. The van der Waals surface area contributed by atoms with Crippen LogP contribution in [0.4, 0.5) is 9.59 Å². The Labute approximate surface area is 111 Å². The van der Waals surface area contributed by atoms with Gasteiger partial charge in [0.2, 0.25) is 0 Å². The third kappa shape index (κ3) is 4.24. The number of amides is 2. The molecule has 0 radical (unpaired) electrons. The number of piperidine rings is 1. The molecule has 19 heavy (non-hydrogen) atoms. The average molecular weight is 263 g/mol. The lowest BCUT2D eigenvalue weighted by Crippen LogP contribution is -2.39. The van der Waals surface area contributed by atoms with Gasteiger partial charge >= 0.3 is 12.2 Å². The monoisotopic (exact) mass is 263 g/mol. The van der Waals surface area contributed by atoms with Gasteiger partial charge in [0.05, 0.1) is 12.2 Å². The fourth-order valence-corrected chi connectivity index (χ4v) is 1.92. The minimum absolute atomic E-state index is 0.243. The number of ether oxygens (including phenoxy) is 1. The smallest absolute Gasteiger partial charge is 0.359 e. The first kappa shape index (κ1) is 13.3. The van der Waals surface area contributed by atoms with E-state index in [2.05, 4.69) is 10.3 Å². The number of aromatic nitrogens is 1. The minimum atomic E-state index is -0.735. The van der Waals surface area contributed by atoms with Crippen LogP contribution in [-0.2, 0) is 11.3 Å². The number of hydrogen-bond donors (Lipinski definition) is 1. The molecule has 102 valence electrons. The number of nitrogens with one attached hydrogen (secondary N) is 1. The predicted octanol–water partition coefficient (Wildman–Crippen LogP) is 1.91. The molecule has 0 aromatic carbocycles. The van der Waals surface area contributed by atoms with Crippen LogP contribution < -0.4 is 5.32 Å². The Hall–Kier alpha value is -2.11. The summed E-state index contributed by atoms with van der Waals surface area (Å²) in [7, 11) is 0. The highest BCUT2D eigenvalue weighted by molar-refractivity contribution is 5.83. The Morgan fingerprint density at radius 1 is 1.26 bits per heavy atom. The molecule has 2 rings (SSSR count). The van der Waals surface area contributed by atoms with Crippen LogP contribution in [0.5, 0.6) is 0 Å². The maximum atomic E-state index is 11.6. The normalized spacial score (nSPS) is 14.8. The van der Waals surface area contributed by atoms with Crippen molar-refractivity contribution in [2.24, 2.45) is 0 Å². The molecule has 1 aliphatic heterocycles. The number of likely N-dealkylation sites (tertiary alicyclic amines) is 1. The minimum Gasteiger partial charge on any atom is -0.359 e. The van der Waals surface area contributed by atoms with Crippen molar-refractivity contribution in [3.8, 4) is 0 Å². The highest BCUT2D eigenvalue weighted by Gasteiger charge is 2.20. The van der Waals surface area contributed by atoms with E-state index in [1.165, 1.54) is 0 Å². The van der Waals surface area contributed by atoms with Gasteiger partial charge in [0.1, 0.15) is 0 Å². The number of hydrogen-bond acceptors (Lipinski definition) is 4. The summed E-state index contributed by atoms with van der Waals surface area (Å²) in [6.07, 6.45) is 3.38. The van der Waals surface area contributed by atoms with Crippen molar-refractivity contribution in [1.29, 1.82) is 0 Å². The number of alkyl carbamates (subject to hydrolysis) is 1. The SMILES string of the molecule is O=C(NCc1ccccn1)OC(=O)N1CCCCC1. The second-order valence-corrected chi connectivity index (χ2v) is 4.38. The first-order valence-electron chi connectivity index (χ1n) is 6.40. The maximum Gasteiger partial charge on any atom is 0.418 e. The van der Waals surface area contributed by atoms with E-state index >= 15 is 0 Å². The summed E-state index contributed by atoms with van der Waals surface area (Å²) >= 11 is 0. The molecule has 1 aliphatic rings. The molecule has 0 bridgehead atoms. The molecule has 6 heteroatoms. The topological polar surface area (TPSA) is 71.5 Å². The zero-order valence-electron chi connectivity index (χ0n) is 10.7. The summed E-state index contributed by atoms with van der Waals surface area (Å²) < 4.78 is 4.72. The molecule has 2 amide bonds. The molecule has 2 heterocycles. The molecule has 1 aromatic rings. The van der Waals surface area contributed by atoms with Gasteiger partial charge in [0.25, 0.3) is 0 Å². The standard InChI is InChI=1S/C13H17N3O3/c17-12(15-10-11-6-2-3-7-14-11)19-13(18)16-8-4-1-5-9-16/h2-3,6-7H,1,4-5,8-10H2,(H,15,17). The average Bonchev–Trinajstić information content (AvgIpc) is 2.47. The van der Waals surface area contributed by atoms with Gasteiger partial charge in [-0.25, -0.2) is 9.59 Å². The number of carbonyl (C=O) groups is 2. The lowest BCUT2D eigenvalue weighted by molar-refractivity contribution is 0.111. The van der Waals surface area contributed by atoms with Gasteiger partial charge in [-0.05, 0) is 31.4 Å². The molecule has 1 fully saturated rings. The van der Waals surface area contributed by atoms with Crippen LogP contribution in [0.25, 0.3) is 0 Å². The summed E-state index contributed by atoms with van der Waals surface area (Å²) in [5.41, 5.74) is 0.713. The van der Waals surface area contributed by atoms with Crippen molar-refractivity contribution >= 4 is 12.2 Å². The van der Waals surface area contributed by atoms with Crippen LogP contribution >= 0.6 is 0 Å². The lowest BCUT2D eigenvalue weighted by Gasteiger charge is -2.25. The van der Waals surface area contributed by atoms with E-state index < -0.39 is 12.2 Å². The number of carbonyl (C=O) groups excluding carboxylic acids is 2. The predicted molar refractivity (Wildman–Crippen MR) is 68.4 cm³/mol. The second kappa shape index (κ2) is 6.72. The molecule has 6 nitrogen and oxygen atoms in total. The fraction of sp³-hybridized carbons (Fsp3) is 0.462. The van der Waals surface area contributed by atoms with E-state index in [1.807, 2.05) is 6.07 Å². The molecule has 0 saturated carbocycles. The Balaban J connectivity index is 1.73.